The molecule has 0 N–H and O–H groups in total. The average Bonchev–Trinajstić information content (AvgIpc) is 2.72. The smallest absolute Gasteiger partial charge is 0.412 e. The van der Waals surface area contributed by atoms with E-state index in [0.29, 0.717) is 6.42 Å². The first-order chi connectivity index (χ1) is 11.8. The Balaban J connectivity index is 2.40. The van der Waals surface area contributed by atoms with Crippen molar-refractivity contribution in [2.24, 2.45) is 5.41 Å². The lowest BCUT2D eigenvalue weighted by Gasteiger charge is -2.39. The van der Waals surface area contributed by atoms with Crippen LogP contribution in [0.25, 0.3) is 0 Å². The van der Waals surface area contributed by atoms with Crippen LogP contribution in [0.1, 0.15) is 47.1 Å². The van der Waals surface area contributed by atoms with Gasteiger partial charge in [0.2, 0.25) is 5.91 Å². The first kappa shape index (κ1) is 20.7. The zero-order valence-electron chi connectivity index (χ0n) is 16.7. The van der Waals surface area contributed by atoms with Gasteiger partial charge in [-0.25, -0.2) is 4.79 Å². The zero-order valence-corrected chi connectivity index (χ0v) is 18.3. The van der Waals surface area contributed by atoms with E-state index in [2.05, 4.69) is 15.9 Å². The van der Waals surface area contributed by atoms with Crippen LogP contribution < -0.4 is 0 Å². The summed E-state index contributed by atoms with van der Waals surface area (Å²) >= 11 is 3.42. The van der Waals surface area contributed by atoms with Gasteiger partial charge in [-0.2, -0.15) is 0 Å². The largest absolute Gasteiger partial charge is 0.444 e. The zero-order chi connectivity index (χ0) is 19.9. The summed E-state index contributed by atoms with van der Waals surface area (Å²) in [5, 5.41) is 0. The molecule has 2 unspecified atom stereocenters. The molecule has 1 aromatic carbocycles. The first-order valence-corrected chi connectivity index (χ1v) is 9.63. The lowest BCUT2D eigenvalue weighted by atomic mass is 9.91. The van der Waals surface area contributed by atoms with E-state index in [0.717, 1.165) is 10.0 Å². The van der Waals surface area contributed by atoms with Gasteiger partial charge >= 0.3 is 6.09 Å². The summed E-state index contributed by atoms with van der Waals surface area (Å²) in [5.74, 6) is -0.0568. The molecule has 0 radical (unpaired) electrons. The third-order valence-electron chi connectivity index (χ3n) is 4.32. The maximum absolute atomic E-state index is 13.0. The molecule has 2 rings (SSSR count). The molecule has 1 aliphatic heterocycles. The topological polar surface area (TPSA) is 49.9 Å². The van der Waals surface area contributed by atoms with Gasteiger partial charge in [-0.15, -0.1) is 0 Å². The number of carbonyl (C=O) groups is 2. The van der Waals surface area contributed by atoms with Crippen LogP contribution in [0.4, 0.5) is 4.79 Å². The maximum Gasteiger partial charge on any atom is 0.412 e. The molecule has 0 spiro atoms. The molecule has 6 heteroatoms. The molecule has 1 fully saturated rings. The standard InChI is InChI=1S/C20H29BrN2O3/c1-19(2,3)17-22(7)16(24)15(12-13-8-10-14(21)11-9-13)23(17)18(25)26-20(4,5)6/h8-11,15,17H,12H2,1-7H3. The van der Waals surface area contributed by atoms with E-state index < -0.39 is 17.7 Å². The van der Waals surface area contributed by atoms with Crippen molar-refractivity contribution < 1.29 is 14.3 Å². The number of amides is 2. The van der Waals surface area contributed by atoms with Gasteiger partial charge in [0.05, 0.1) is 0 Å². The van der Waals surface area contributed by atoms with E-state index in [9.17, 15) is 9.59 Å². The number of likely N-dealkylation sites (N-methyl/N-ethyl adjacent to an activating group) is 1. The second kappa shape index (κ2) is 7.22. The minimum absolute atomic E-state index is 0.0568. The molecule has 1 heterocycles. The molecule has 1 saturated heterocycles. The van der Waals surface area contributed by atoms with Gasteiger partial charge in [0.25, 0.3) is 0 Å². The summed E-state index contributed by atoms with van der Waals surface area (Å²) in [5.41, 5.74) is 0.0878. The van der Waals surface area contributed by atoms with Crippen molar-refractivity contribution >= 4 is 27.9 Å². The van der Waals surface area contributed by atoms with E-state index in [-0.39, 0.29) is 17.5 Å². The van der Waals surface area contributed by atoms with Crippen LogP contribution >= 0.6 is 15.9 Å². The Bertz CT molecular complexity index is 674. The molecule has 0 aromatic heterocycles. The third-order valence-corrected chi connectivity index (χ3v) is 4.85. The van der Waals surface area contributed by atoms with Gasteiger partial charge in [0, 0.05) is 23.4 Å². The number of halogens is 1. The highest BCUT2D eigenvalue weighted by atomic mass is 79.9. The number of nitrogens with zero attached hydrogens (tertiary/aromatic N) is 2. The van der Waals surface area contributed by atoms with Crippen molar-refractivity contribution in [3.05, 3.63) is 34.3 Å². The summed E-state index contributed by atoms with van der Waals surface area (Å²) in [4.78, 5) is 29.3. The van der Waals surface area contributed by atoms with Crippen LogP contribution in [0, 0.1) is 5.41 Å². The van der Waals surface area contributed by atoms with E-state index >= 15 is 0 Å². The molecule has 2 amide bonds. The minimum Gasteiger partial charge on any atom is -0.444 e. The molecule has 26 heavy (non-hydrogen) atoms. The quantitative estimate of drug-likeness (QED) is 0.704. The van der Waals surface area contributed by atoms with Gasteiger partial charge in [-0.3, -0.25) is 9.69 Å². The molecule has 1 aliphatic rings. The Hall–Kier alpha value is -1.56. The number of hydrogen-bond acceptors (Lipinski definition) is 3. The maximum atomic E-state index is 13.0. The number of carbonyl (C=O) groups excluding carboxylic acids is 2. The van der Waals surface area contributed by atoms with Crippen molar-refractivity contribution in [2.75, 3.05) is 7.05 Å². The monoisotopic (exact) mass is 424 g/mol. The summed E-state index contributed by atoms with van der Waals surface area (Å²) in [6.07, 6.45) is -0.343. The third kappa shape index (κ3) is 4.58. The fourth-order valence-corrected chi connectivity index (χ4v) is 3.67. The minimum atomic E-state index is -0.619. The summed E-state index contributed by atoms with van der Waals surface area (Å²) in [6, 6.07) is 7.25. The average molecular weight is 425 g/mol. The van der Waals surface area contributed by atoms with Crippen molar-refractivity contribution in [3.8, 4) is 0 Å². The van der Waals surface area contributed by atoms with Gasteiger partial charge in [0.1, 0.15) is 17.8 Å². The Morgan fingerprint density at radius 1 is 1.12 bits per heavy atom. The molecule has 144 valence electrons. The second-order valence-corrected chi connectivity index (χ2v) is 9.84. The van der Waals surface area contributed by atoms with Crippen LogP contribution in [-0.2, 0) is 16.0 Å². The highest BCUT2D eigenvalue weighted by molar-refractivity contribution is 9.10. The predicted octanol–water partition coefficient (Wildman–Crippen LogP) is 4.44. The van der Waals surface area contributed by atoms with Gasteiger partial charge in [-0.1, -0.05) is 48.8 Å². The van der Waals surface area contributed by atoms with Crippen molar-refractivity contribution in [3.63, 3.8) is 0 Å². The first-order valence-electron chi connectivity index (χ1n) is 8.84. The fraction of sp³-hybridized carbons (Fsp3) is 0.600. The summed E-state index contributed by atoms with van der Waals surface area (Å²) in [7, 11) is 1.76. The van der Waals surface area contributed by atoms with E-state index in [1.807, 2.05) is 65.8 Å². The predicted molar refractivity (Wildman–Crippen MR) is 106 cm³/mol. The second-order valence-electron chi connectivity index (χ2n) is 8.92. The Morgan fingerprint density at radius 2 is 1.65 bits per heavy atom. The number of benzene rings is 1. The van der Waals surface area contributed by atoms with Gasteiger partial charge in [0.15, 0.2) is 0 Å². The van der Waals surface area contributed by atoms with Gasteiger partial charge in [-0.05, 0) is 38.5 Å². The van der Waals surface area contributed by atoms with Crippen LogP contribution in [0.15, 0.2) is 28.7 Å². The van der Waals surface area contributed by atoms with Crippen molar-refractivity contribution in [1.82, 2.24) is 9.80 Å². The van der Waals surface area contributed by atoms with Crippen LogP contribution in [0.2, 0.25) is 0 Å². The number of ether oxygens (including phenoxy) is 1. The van der Waals surface area contributed by atoms with Crippen LogP contribution in [-0.4, -0.2) is 46.7 Å². The van der Waals surface area contributed by atoms with Gasteiger partial charge < -0.3 is 9.64 Å². The molecular weight excluding hydrogens is 396 g/mol. The number of hydrogen-bond donors (Lipinski definition) is 0. The fourth-order valence-electron chi connectivity index (χ4n) is 3.40. The van der Waals surface area contributed by atoms with Crippen molar-refractivity contribution in [2.45, 2.75) is 65.8 Å². The Labute approximate surface area is 164 Å². The van der Waals surface area contributed by atoms with Crippen LogP contribution in [0.5, 0.6) is 0 Å². The number of rotatable bonds is 2. The molecule has 2 atom stereocenters. The SMILES string of the molecule is CN1C(=O)C(Cc2ccc(Br)cc2)N(C(=O)OC(C)(C)C)C1C(C)(C)C. The van der Waals surface area contributed by atoms with E-state index in [4.69, 9.17) is 4.74 Å². The lowest BCUT2D eigenvalue weighted by Crippen LogP contribution is -2.52. The molecule has 0 aliphatic carbocycles. The molecule has 5 nitrogen and oxygen atoms in total. The van der Waals surface area contributed by atoms with Crippen molar-refractivity contribution in [1.29, 1.82) is 0 Å². The molecular formula is C20H29BrN2O3. The Kier molecular flexibility index (Phi) is 5.76. The molecule has 0 bridgehead atoms. The highest BCUT2D eigenvalue weighted by Crippen LogP contribution is 2.36. The highest BCUT2D eigenvalue weighted by Gasteiger charge is 2.52. The van der Waals surface area contributed by atoms with E-state index in [1.54, 1.807) is 16.8 Å². The molecule has 1 aromatic rings. The summed E-state index contributed by atoms with van der Waals surface area (Å²) < 4.78 is 6.61. The van der Waals surface area contributed by atoms with Crippen LogP contribution in [0.3, 0.4) is 0 Å². The lowest BCUT2D eigenvalue weighted by molar-refractivity contribution is -0.129. The summed E-state index contributed by atoms with van der Waals surface area (Å²) in [6.45, 7) is 11.6. The molecule has 0 saturated carbocycles. The van der Waals surface area contributed by atoms with E-state index in [1.165, 1.54) is 0 Å². The Morgan fingerprint density at radius 3 is 2.12 bits per heavy atom. The normalized spacial score (nSPS) is 21.3.